The van der Waals surface area contributed by atoms with Gasteiger partial charge in [0, 0.05) is 30.5 Å². The summed E-state index contributed by atoms with van der Waals surface area (Å²) >= 11 is 6.10. The molecule has 3 saturated heterocycles. The first-order valence-electron chi connectivity index (χ1n) is 15.2. The molecule has 0 spiro atoms. The summed E-state index contributed by atoms with van der Waals surface area (Å²) in [5.74, 6) is 1.01. The van der Waals surface area contributed by atoms with E-state index in [1.807, 2.05) is 0 Å². The van der Waals surface area contributed by atoms with E-state index in [1.165, 1.54) is 18.2 Å². The predicted octanol–water partition coefficient (Wildman–Crippen LogP) is 6.17. The number of aromatic nitrogens is 3. The molecule has 4 aromatic rings. The lowest BCUT2D eigenvalue weighted by molar-refractivity contribution is 0.107. The van der Waals surface area contributed by atoms with Crippen LogP contribution in [0.4, 0.5) is 19.0 Å². The number of hydrogen-bond donors (Lipinski definition) is 1. The molecular weight excluding hydrogens is 607 g/mol. The number of ether oxygens (including phenoxy) is 2. The van der Waals surface area contributed by atoms with Crippen molar-refractivity contribution in [2.45, 2.75) is 56.3 Å². The SMILES string of the molecule is C#Cc1c(F)c(Cl)cc2cc(O)cc(-c3nc4c5c(nc(OC[C@@]67CCCN6C[C@H](F)C7)nc5c3F)N3CCCC[C@H]3CO4)c12. The number of phenolic OH excluding ortho intramolecular Hbond substituents is 1. The summed E-state index contributed by atoms with van der Waals surface area (Å²) in [5, 5.41) is 11.2. The van der Waals surface area contributed by atoms with Crippen LogP contribution in [0.25, 0.3) is 32.9 Å². The maximum atomic E-state index is 16.9. The van der Waals surface area contributed by atoms with Crippen molar-refractivity contribution in [2.24, 2.45) is 0 Å². The van der Waals surface area contributed by atoms with Gasteiger partial charge < -0.3 is 19.5 Å². The molecule has 8 nitrogen and oxygen atoms in total. The largest absolute Gasteiger partial charge is 0.508 e. The predicted molar refractivity (Wildman–Crippen MR) is 164 cm³/mol. The molecule has 0 aliphatic carbocycles. The van der Waals surface area contributed by atoms with Crippen molar-refractivity contribution >= 4 is 39.1 Å². The molecule has 232 valence electrons. The second-order valence-corrected chi connectivity index (χ2v) is 12.8. The standard InChI is InChI=1S/C33H29ClF3N5O3/c1-2-21-24-17(11-23(34)26(21)36)10-20(43)12-22(24)28-27(37)29-25-30(42-9-4-3-6-19(42)15-44-31(25)38-28)40-32(39-29)45-16-33-7-5-8-41(33)14-18(35)13-33/h1,10-12,18-19,43H,3-9,13-16H2/t18-,19+,33+/m1/s1. The number of alkyl halides is 1. The fourth-order valence-corrected chi connectivity index (χ4v) is 7.94. The van der Waals surface area contributed by atoms with Gasteiger partial charge in [0.25, 0.3) is 0 Å². The van der Waals surface area contributed by atoms with Gasteiger partial charge >= 0.3 is 6.01 Å². The topological polar surface area (TPSA) is 83.8 Å². The van der Waals surface area contributed by atoms with E-state index in [1.54, 1.807) is 0 Å². The Bertz CT molecular complexity index is 1940. The van der Waals surface area contributed by atoms with Crippen LogP contribution in [0, 0.1) is 24.0 Å². The summed E-state index contributed by atoms with van der Waals surface area (Å²) in [7, 11) is 0. The van der Waals surface area contributed by atoms with Gasteiger partial charge in [-0.25, -0.2) is 18.2 Å². The molecule has 12 heteroatoms. The van der Waals surface area contributed by atoms with Gasteiger partial charge in [0.2, 0.25) is 5.88 Å². The molecule has 6 heterocycles. The highest BCUT2D eigenvalue weighted by Crippen LogP contribution is 2.45. The summed E-state index contributed by atoms with van der Waals surface area (Å²) in [6, 6.07) is 3.92. The third-order valence-electron chi connectivity index (χ3n) is 9.77. The average molecular weight is 636 g/mol. The van der Waals surface area contributed by atoms with Gasteiger partial charge in [-0.05, 0) is 62.2 Å². The number of benzene rings is 2. The van der Waals surface area contributed by atoms with Crippen LogP contribution >= 0.6 is 11.6 Å². The second kappa shape index (κ2) is 10.5. The van der Waals surface area contributed by atoms with E-state index in [9.17, 15) is 9.50 Å². The Hall–Kier alpha value is -4.01. The number of fused-ring (bicyclic) bond motifs is 4. The van der Waals surface area contributed by atoms with E-state index in [-0.39, 0.29) is 69.6 Å². The Morgan fingerprint density at radius 2 is 1.98 bits per heavy atom. The monoisotopic (exact) mass is 635 g/mol. The first-order chi connectivity index (χ1) is 21.8. The van der Waals surface area contributed by atoms with Crippen LogP contribution in [-0.2, 0) is 0 Å². The van der Waals surface area contributed by atoms with Crippen molar-refractivity contribution in [3.05, 3.63) is 40.4 Å². The van der Waals surface area contributed by atoms with Gasteiger partial charge in [0.15, 0.2) is 11.6 Å². The Morgan fingerprint density at radius 1 is 1.11 bits per heavy atom. The minimum atomic E-state index is -0.930. The Kier molecular flexibility index (Phi) is 6.66. The number of aromatic hydroxyl groups is 1. The van der Waals surface area contributed by atoms with E-state index in [0.29, 0.717) is 36.1 Å². The molecule has 0 bridgehead atoms. The fraction of sp³-hybridized carbons (Fsp3) is 0.424. The van der Waals surface area contributed by atoms with Crippen molar-refractivity contribution in [3.8, 4) is 41.2 Å². The molecule has 8 rings (SSSR count). The smallest absolute Gasteiger partial charge is 0.319 e. The van der Waals surface area contributed by atoms with E-state index >= 15 is 8.78 Å². The minimum absolute atomic E-state index is 0.0256. The van der Waals surface area contributed by atoms with Crippen LogP contribution < -0.4 is 14.4 Å². The number of hydrogen-bond acceptors (Lipinski definition) is 8. The quantitative estimate of drug-likeness (QED) is 0.267. The van der Waals surface area contributed by atoms with Gasteiger partial charge in [-0.15, -0.1) is 6.42 Å². The van der Waals surface area contributed by atoms with Crippen molar-refractivity contribution in [1.82, 2.24) is 19.9 Å². The van der Waals surface area contributed by atoms with Crippen molar-refractivity contribution < 1.29 is 27.8 Å². The van der Waals surface area contributed by atoms with Gasteiger partial charge in [-0.2, -0.15) is 9.97 Å². The Morgan fingerprint density at radius 3 is 2.82 bits per heavy atom. The van der Waals surface area contributed by atoms with Gasteiger partial charge in [-0.3, -0.25) is 4.90 Å². The number of halogens is 4. The summed E-state index contributed by atoms with van der Waals surface area (Å²) in [6.07, 6.45) is 9.67. The molecule has 3 fully saturated rings. The van der Waals surface area contributed by atoms with Crippen LogP contribution in [0.1, 0.15) is 44.1 Å². The normalized spacial score (nSPS) is 24.3. The number of terminal acetylenes is 1. The number of nitrogens with zero attached hydrogens (tertiary/aromatic N) is 5. The van der Waals surface area contributed by atoms with Crippen LogP contribution in [0.15, 0.2) is 18.2 Å². The number of pyridine rings is 1. The highest BCUT2D eigenvalue weighted by atomic mass is 35.5. The lowest BCUT2D eigenvalue weighted by Crippen LogP contribution is -2.44. The maximum Gasteiger partial charge on any atom is 0.319 e. The molecular formula is C33H29ClF3N5O3. The lowest BCUT2D eigenvalue weighted by Gasteiger charge is -2.35. The average Bonchev–Trinajstić information content (AvgIpc) is 3.50. The van der Waals surface area contributed by atoms with Crippen molar-refractivity contribution in [2.75, 3.05) is 37.7 Å². The highest BCUT2D eigenvalue weighted by Gasteiger charge is 2.49. The van der Waals surface area contributed by atoms with E-state index in [0.717, 1.165) is 38.6 Å². The lowest BCUT2D eigenvalue weighted by atomic mass is 9.95. The molecule has 2 aromatic heterocycles. The second-order valence-electron chi connectivity index (χ2n) is 12.4. The summed E-state index contributed by atoms with van der Waals surface area (Å²) in [5.41, 5.74) is -0.910. The number of phenols is 1. The third kappa shape index (κ3) is 4.44. The van der Waals surface area contributed by atoms with Gasteiger partial charge in [0.05, 0.1) is 22.2 Å². The zero-order valence-corrected chi connectivity index (χ0v) is 25.0. The molecule has 4 aliphatic rings. The Labute approximate surface area is 262 Å². The molecule has 0 saturated carbocycles. The molecule has 1 N–H and O–H groups in total. The molecule has 0 amide bonds. The van der Waals surface area contributed by atoms with Crippen LogP contribution in [0.2, 0.25) is 5.02 Å². The minimum Gasteiger partial charge on any atom is -0.508 e. The van der Waals surface area contributed by atoms with Crippen LogP contribution in [0.3, 0.4) is 0 Å². The molecule has 0 unspecified atom stereocenters. The zero-order chi connectivity index (χ0) is 31.0. The van der Waals surface area contributed by atoms with Crippen molar-refractivity contribution in [1.29, 1.82) is 0 Å². The first kappa shape index (κ1) is 28.5. The van der Waals surface area contributed by atoms with E-state index < -0.39 is 23.3 Å². The Balaban J connectivity index is 1.34. The number of piperidine rings is 1. The van der Waals surface area contributed by atoms with Gasteiger partial charge in [0.1, 0.15) is 47.5 Å². The summed E-state index contributed by atoms with van der Waals surface area (Å²) in [6.45, 7) is 2.32. The molecule has 2 aromatic carbocycles. The molecule has 4 aliphatic heterocycles. The number of anilines is 1. The maximum absolute atomic E-state index is 16.9. The molecule has 0 radical (unpaired) electrons. The zero-order valence-electron chi connectivity index (χ0n) is 24.3. The van der Waals surface area contributed by atoms with Crippen molar-refractivity contribution in [3.63, 3.8) is 0 Å². The fourth-order valence-electron chi connectivity index (χ4n) is 7.73. The first-order valence-corrected chi connectivity index (χ1v) is 15.6. The molecule has 45 heavy (non-hydrogen) atoms. The summed E-state index contributed by atoms with van der Waals surface area (Å²) < 4.78 is 58.9. The third-order valence-corrected chi connectivity index (χ3v) is 10.0. The highest BCUT2D eigenvalue weighted by molar-refractivity contribution is 6.32. The van der Waals surface area contributed by atoms with Crippen LogP contribution in [-0.4, -0.2) is 75.6 Å². The number of rotatable bonds is 4. The molecule has 3 atom stereocenters. The van der Waals surface area contributed by atoms with Gasteiger partial charge in [-0.1, -0.05) is 17.5 Å². The van der Waals surface area contributed by atoms with Crippen LogP contribution in [0.5, 0.6) is 17.6 Å². The van der Waals surface area contributed by atoms with E-state index in [4.69, 9.17) is 32.5 Å². The van der Waals surface area contributed by atoms with E-state index in [2.05, 4.69) is 25.7 Å². The summed E-state index contributed by atoms with van der Waals surface area (Å²) in [4.78, 5) is 18.2.